The quantitative estimate of drug-likeness (QED) is 0.433. The summed E-state index contributed by atoms with van der Waals surface area (Å²) in [5.41, 5.74) is 4.94. The number of benzene rings is 1. The van der Waals surface area contributed by atoms with Gasteiger partial charge in [0.2, 0.25) is 11.9 Å². The van der Waals surface area contributed by atoms with E-state index in [1.165, 1.54) is 18.4 Å². The van der Waals surface area contributed by atoms with Gasteiger partial charge in [0.05, 0.1) is 34.7 Å². The summed E-state index contributed by atoms with van der Waals surface area (Å²) in [6.07, 6.45) is 7.00. The van der Waals surface area contributed by atoms with Crippen LogP contribution in [0.4, 0.5) is 8.78 Å². The Morgan fingerprint density at radius 3 is 2.76 bits per heavy atom. The van der Waals surface area contributed by atoms with Crippen LogP contribution in [0.2, 0.25) is 0 Å². The molecule has 0 aliphatic heterocycles. The summed E-state index contributed by atoms with van der Waals surface area (Å²) in [5.74, 6) is -4.25. The summed E-state index contributed by atoms with van der Waals surface area (Å²) in [7, 11) is 0. The van der Waals surface area contributed by atoms with Crippen LogP contribution >= 0.6 is 0 Å². The predicted molar refractivity (Wildman–Crippen MR) is 117 cm³/mol. The number of aromatic carboxylic acids is 1. The highest BCUT2D eigenvalue weighted by Gasteiger charge is 2.31. The number of halogens is 2. The molecule has 8 nitrogen and oxygen atoms in total. The molecule has 1 aromatic carbocycles. The monoisotopic (exact) mass is 463 g/mol. The number of hydrogen-bond donors (Lipinski definition) is 2. The van der Waals surface area contributed by atoms with E-state index in [4.69, 9.17) is 10.2 Å². The van der Waals surface area contributed by atoms with Crippen molar-refractivity contribution in [1.29, 1.82) is 0 Å². The largest absolute Gasteiger partial charge is 0.477 e. The molecule has 1 amide bonds. The van der Waals surface area contributed by atoms with Crippen LogP contribution in [-0.2, 0) is 11.3 Å². The standard InChI is InChI=1S/C24H15F2N3O5/c25-15-8-16-19(21-13(15)5-6-34-21)18(14-3-1-2-4-17(14)30)20(24(32)33)29(16)10-12-7-11(23(27)31)9-28-22(12)26/h1-3,5-9H,4,10H2,(H2,27,31)(H,32,33). The number of pyridine rings is 1. The van der Waals surface area contributed by atoms with Crippen LogP contribution in [0.1, 0.15) is 38.4 Å². The molecule has 0 saturated carbocycles. The highest BCUT2D eigenvalue weighted by Crippen LogP contribution is 2.40. The van der Waals surface area contributed by atoms with Gasteiger partial charge in [-0.1, -0.05) is 18.2 Å². The predicted octanol–water partition coefficient (Wildman–Crippen LogP) is 3.82. The van der Waals surface area contributed by atoms with Gasteiger partial charge in [0.25, 0.3) is 0 Å². The lowest BCUT2D eigenvalue weighted by molar-refractivity contribution is -0.113. The minimum absolute atomic E-state index is 0.0382. The lowest BCUT2D eigenvalue weighted by Crippen LogP contribution is -2.16. The van der Waals surface area contributed by atoms with Gasteiger partial charge in [-0.2, -0.15) is 4.39 Å². The van der Waals surface area contributed by atoms with E-state index in [2.05, 4.69) is 4.98 Å². The smallest absolute Gasteiger partial charge is 0.353 e. The number of aromatic nitrogens is 2. The molecule has 34 heavy (non-hydrogen) atoms. The number of hydrogen-bond acceptors (Lipinski definition) is 5. The molecule has 0 bridgehead atoms. The van der Waals surface area contributed by atoms with Gasteiger partial charge in [-0.25, -0.2) is 14.2 Å². The Bertz CT molecular complexity index is 1610. The number of primary amides is 1. The fourth-order valence-corrected chi connectivity index (χ4v) is 4.23. The molecule has 0 unspecified atom stereocenters. The van der Waals surface area contributed by atoms with E-state index in [0.29, 0.717) is 0 Å². The molecule has 170 valence electrons. The van der Waals surface area contributed by atoms with Crippen LogP contribution in [-0.4, -0.2) is 32.3 Å². The zero-order valence-corrected chi connectivity index (χ0v) is 17.3. The molecule has 5 rings (SSSR count). The van der Waals surface area contributed by atoms with E-state index in [9.17, 15) is 28.3 Å². The van der Waals surface area contributed by atoms with Crippen LogP contribution < -0.4 is 5.73 Å². The SMILES string of the molecule is NC(=O)c1cnc(F)c(Cn2c(C(=O)O)c(C3=CC=CCC3=O)c3c4occc4c(F)cc32)c1. The first-order valence-corrected chi connectivity index (χ1v) is 10.1. The molecule has 3 N–H and O–H groups in total. The van der Waals surface area contributed by atoms with Gasteiger partial charge in [-0.05, 0) is 18.2 Å². The van der Waals surface area contributed by atoms with E-state index < -0.39 is 30.2 Å². The van der Waals surface area contributed by atoms with E-state index in [-0.39, 0.29) is 62.0 Å². The van der Waals surface area contributed by atoms with E-state index in [0.717, 1.165) is 22.9 Å². The molecule has 1 aliphatic rings. The number of fused-ring (bicyclic) bond motifs is 3. The second-order valence-corrected chi connectivity index (χ2v) is 7.70. The lowest BCUT2D eigenvalue weighted by atomic mass is 9.93. The van der Waals surface area contributed by atoms with E-state index in [1.807, 2.05) is 0 Å². The number of allylic oxidation sites excluding steroid dienone is 4. The molecule has 0 fully saturated rings. The molecular weight excluding hydrogens is 448 g/mol. The first-order chi connectivity index (χ1) is 16.3. The highest BCUT2D eigenvalue weighted by atomic mass is 19.1. The van der Waals surface area contributed by atoms with Crippen LogP contribution in [0.25, 0.3) is 27.4 Å². The number of carbonyl (C=O) groups excluding carboxylic acids is 2. The number of ketones is 1. The molecule has 0 atom stereocenters. The number of Topliss-reactive ketones (excluding diaryl/α,β-unsaturated/α-hetero) is 1. The summed E-state index contributed by atoms with van der Waals surface area (Å²) in [6.45, 7) is -0.430. The third-order valence-corrected chi connectivity index (χ3v) is 5.72. The fraction of sp³-hybridized carbons (Fsp3) is 0.0833. The Balaban J connectivity index is 1.89. The first-order valence-electron chi connectivity index (χ1n) is 10.1. The van der Waals surface area contributed by atoms with Crippen LogP contribution in [0.5, 0.6) is 0 Å². The highest BCUT2D eigenvalue weighted by molar-refractivity contribution is 6.29. The van der Waals surface area contributed by atoms with Crippen molar-refractivity contribution in [3.8, 4) is 0 Å². The number of nitrogens with zero attached hydrogens (tertiary/aromatic N) is 2. The van der Waals surface area contributed by atoms with Gasteiger partial charge in [0.15, 0.2) is 5.78 Å². The number of furan rings is 1. The Hall–Kier alpha value is -4.60. The van der Waals surface area contributed by atoms with E-state index in [1.54, 1.807) is 12.2 Å². The van der Waals surface area contributed by atoms with Crippen molar-refractivity contribution in [3.05, 3.63) is 83.0 Å². The van der Waals surface area contributed by atoms with Crippen LogP contribution in [0, 0.1) is 11.8 Å². The number of carboxylic acids is 1. The first kappa shape index (κ1) is 21.3. The molecule has 0 saturated heterocycles. The summed E-state index contributed by atoms with van der Waals surface area (Å²) in [4.78, 5) is 40.3. The molecule has 3 heterocycles. The van der Waals surface area contributed by atoms with Gasteiger partial charge in [0.1, 0.15) is 17.1 Å². The fourth-order valence-electron chi connectivity index (χ4n) is 4.23. The maximum Gasteiger partial charge on any atom is 0.353 e. The van der Waals surface area contributed by atoms with Crippen molar-refractivity contribution in [1.82, 2.24) is 9.55 Å². The second kappa shape index (κ2) is 7.77. The molecule has 4 aromatic rings. The van der Waals surface area contributed by atoms with Crippen LogP contribution in [0.15, 0.2) is 53.3 Å². The zero-order chi connectivity index (χ0) is 24.1. The van der Waals surface area contributed by atoms with Gasteiger partial charge >= 0.3 is 5.97 Å². The number of rotatable bonds is 5. The molecule has 3 aromatic heterocycles. The van der Waals surface area contributed by atoms with Crippen molar-refractivity contribution in [2.24, 2.45) is 5.73 Å². The average molecular weight is 463 g/mol. The number of carbonyl (C=O) groups is 3. The minimum atomic E-state index is -1.42. The Morgan fingerprint density at radius 1 is 1.26 bits per heavy atom. The Labute approximate surface area is 189 Å². The molecule has 0 spiro atoms. The number of nitrogens with two attached hydrogens (primary N) is 1. The third-order valence-electron chi connectivity index (χ3n) is 5.72. The maximum atomic E-state index is 14.9. The zero-order valence-electron chi connectivity index (χ0n) is 17.3. The molecular formula is C24H15F2N3O5. The third kappa shape index (κ3) is 3.19. The van der Waals surface area contributed by atoms with Gasteiger partial charge in [0, 0.05) is 29.3 Å². The summed E-state index contributed by atoms with van der Waals surface area (Å²) < 4.78 is 36.1. The number of carboxylic acid groups (broad SMARTS) is 1. The summed E-state index contributed by atoms with van der Waals surface area (Å²) in [5, 5.41) is 10.5. The average Bonchev–Trinajstić information content (AvgIpc) is 3.39. The topological polar surface area (TPSA) is 128 Å². The molecule has 1 aliphatic carbocycles. The Morgan fingerprint density at radius 2 is 2.06 bits per heavy atom. The molecule has 10 heteroatoms. The Kier molecular flexibility index (Phi) is 4.85. The lowest BCUT2D eigenvalue weighted by Gasteiger charge is -2.12. The van der Waals surface area contributed by atoms with Crippen molar-refractivity contribution in [2.75, 3.05) is 0 Å². The maximum absolute atomic E-state index is 14.9. The summed E-state index contributed by atoms with van der Waals surface area (Å²) in [6, 6.07) is 3.65. The molecule has 0 radical (unpaired) electrons. The van der Waals surface area contributed by atoms with Crippen LogP contribution in [0.3, 0.4) is 0 Å². The van der Waals surface area contributed by atoms with Crippen molar-refractivity contribution in [3.63, 3.8) is 0 Å². The second-order valence-electron chi connectivity index (χ2n) is 7.70. The summed E-state index contributed by atoms with van der Waals surface area (Å²) >= 11 is 0. The van der Waals surface area contributed by atoms with E-state index >= 15 is 0 Å². The van der Waals surface area contributed by atoms with Crippen molar-refractivity contribution < 1.29 is 32.7 Å². The normalized spacial score (nSPS) is 13.6. The van der Waals surface area contributed by atoms with Crippen molar-refractivity contribution in [2.45, 2.75) is 13.0 Å². The van der Waals surface area contributed by atoms with Gasteiger partial charge in [-0.15, -0.1) is 0 Å². The minimum Gasteiger partial charge on any atom is -0.477 e. The number of amides is 1. The van der Waals surface area contributed by atoms with Gasteiger partial charge < -0.3 is 19.8 Å². The van der Waals surface area contributed by atoms with Crippen molar-refractivity contribution >= 4 is 45.1 Å². The van der Waals surface area contributed by atoms with Gasteiger partial charge in [-0.3, -0.25) is 9.59 Å².